The number of halogens is 1. The van der Waals surface area contributed by atoms with Crippen molar-refractivity contribution in [2.75, 3.05) is 13.2 Å². The molecule has 0 spiro atoms. The third-order valence-corrected chi connectivity index (χ3v) is 2.97. The van der Waals surface area contributed by atoms with E-state index in [2.05, 4.69) is 11.9 Å². The standard InChI is InChI=1S/C14H16ClNO4/c1-2-7-20-14(19)16-9-11(13(17)18)8-10-5-3-4-6-12(10)15/h2-6,11H,1,7-9H2,(H,16,19)(H,17,18). The molecule has 20 heavy (non-hydrogen) atoms. The Labute approximate surface area is 122 Å². The highest BCUT2D eigenvalue weighted by molar-refractivity contribution is 6.31. The van der Waals surface area contributed by atoms with Gasteiger partial charge in [-0.15, -0.1) is 0 Å². The van der Waals surface area contributed by atoms with E-state index in [-0.39, 0.29) is 19.6 Å². The van der Waals surface area contributed by atoms with Crippen LogP contribution in [0.4, 0.5) is 4.79 Å². The summed E-state index contributed by atoms with van der Waals surface area (Å²) in [4.78, 5) is 22.4. The van der Waals surface area contributed by atoms with Crippen LogP contribution < -0.4 is 5.32 Å². The minimum Gasteiger partial charge on any atom is -0.481 e. The summed E-state index contributed by atoms with van der Waals surface area (Å²) in [6.07, 6.45) is 0.990. The number of aliphatic carboxylic acids is 1. The van der Waals surface area contributed by atoms with Crippen LogP contribution in [0.5, 0.6) is 0 Å². The van der Waals surface area contributed by atoms with Gasteiger partial charge in [-0.1, -0.05) is 42.5 Å². The molecule has 0 saturated heterocycles. The smallest absolute Gasteiger partial charge is 0.407 e. The number of alkyl carbamates (subject to hydrolysis) is 1. The maximum absolute atomic E-state index is 11.2. The molecular weight excluding hydrogens is 282 g/mol. The van der Waals surface area contributed by atoms with Gasteiger partial charge in [-0.2, -0.15) is 0 Å². The third-order valence-electron chi connectivity index (χ3n) is 2.60. The van der Waals surface area contributed by atoms with Crippen LogP contribution in [0.25, 0.3) is 0 Å². The van der Waals surface area contributed by atoms with Crippen molar-refractivity contribution in [3.05, 3.63) is 47.5 Å². The monoisotopic (exact) mass is 297 g/mol. The maximum Gasteiger partial charge on any atom is 0.407 e. The Morgan fingerprint density at radius 2 is 2.15 bits per heavy atom. The van der Waals surface area contributed by atoms with Gasteiger partial charge < -0.3 is 15.2 Å². The average Bonchev–Trinajstić information content (AvgIpc) is 2.42. The number of carboxylic acid groups (broad SMARTS) is 1. The molecule has 0 heterocycles. The molecule has 1 rings (SSSR count). The molecular formula is C14H16ClNO4. The van der Waals surface area contributed by atoms with Crippen molar-refractivity contribution in [1.82, 2.24) is 5.32 Å². The highest BCUT2D eigenvalue weighted by atomic mass is 35.5. The normalized spacial score (nSPS) is 11.4. The molecule has 0 aliphatic carbocycles. The van der Waals surface area contributed by atoms with Gasteiger partial charge in [0.05, 0.1) is 5.92 Å². The van der Waals surface area contributed by atoms with Crippen LogP contribution in [0.1, 0.15) is 5.56 Å². The van der Waals surface area contributed by atoms with Gasteiger partial charge in [0, 0.05) is 11.6 Å². The number of hydrogen-bond donors (Lipinski definition) is 2. The van der Waals surface area contributed by atoms with Crippen molar-refractivity contribution < 1.29 is 19.4 Å². The van der Waals surface area contributed by atoms with E-state index in [0.29, 0.717) is 5.02 Å². The molecule has 1 unspecified atom stereocenters. The summed E-state index contributed by atoms with van der Waals surface area (Å²) < 4.78 is 4.71. The number of benzene rings is 1. The zero-order chi connectivity index (χ0) is 15.0. The van der Waals surface area contributed by atoms with Crippen molar-refractivity contribution >= 4 is 23.7 Å². The van der Waals surface area contributed by atoms with Crippen LogP contribution in [0.3, 0.4) is 0 Å². The Bertz CT molecular complexity index is 490. The lowest BCUT2D eigenvalue weighted by Gasteiger charge is -2.14. The van der Waals surface area contributed by atoms with Crippen molar-refractivity contribution in [3.63, 3.8) is 0 Å². The Morgan fingerprint density at radius 1 is 1.45 bits per heavy atom. The predicted molar refractivity (Wildman–Crippen MR) is 75.8 cm³/mol. The summed E-state index contributed by atoms with van der Waals surface area (Å²) in [6, 6.07) is 7.01. The van der Waals surface area contributed by atoms with Gasteiger partial charge in [-0.05, 0) is 18.1 Å². The molecule has 0 aliphatic heterocycles. The number of hydrogen-bond acceptors (Lipinski definition) is 3. The van der Waals surface area contributed by atoms with Gasteiger partial charge in [-0.25, -0.2) is 4.79 Å². The second-order valence-electron chi connectivity index (χ2n) is 4.10. The lowest BCUT2D eigenvalue weighted by molar-refractivity contribution is -0.141. The highest BCUT2D eigenvalue weighted by Gasteiger charge is 2.20. The summed E-state index contributed by atoms with van der Waals surface area (Å²) in [5, 5.41) is 12.1. The molecule has 1 aromatic carbocycles. The maximum atomic E-state index is 11.2. The van der Waals surface area contributed by atoms with Gasteiger partial charge in [0.25, 0.3) is 0 Å². The Hall–Kier alpha value is -2.01. The molecule has 0 aliphatic rings. The predicted octanol–water partition coefficient (Wildman–Crippen LogP) is 2.50. The first kappa shape index (κ1) is 16.0. The van der Waals surface area contributed by atoms with E-state index >= 15 is 0 Å². The number of rotatable bonds is 7. The van der Waals surface area contributed by atoms with Gasteiger partial charge in [0.1, 0.15) is 6.61 Å². The molecule has 1 atom stereocenters. The fourth-order valence-electron chi connectivity index (χ4n) is 1.57. The fourth-order valence-corrected chi connectivity index (χ4v) is 1.78. The van der Waals surface area contributed by atoms with Crippen molar-refractivity contribution in [3.8, 4) is 0 Å². The van der Waals surface area contributed by atoms with Crippen molar-refractivity contribution in [2.45, 2.75) is 6.42 Å². The van der Waals surface area contributed by atoms with Gasteiger partial charge in [-0.3, -0.25) is 4.79 Å². The van der Waals surface area contributed by atoms with Crippen molar-refractivity contribution in [2.24, 2.45) is 5.92 Å². The topological polar surface area (TPSA) is 75.6 Å². The number of ether oxygens (including phenoxy) is 1. The zero-order valence-electron chi connectivity index (χ0n) is 10.8. The van der Waals surface area contributed by atoms with E-state index in [4.69, 9.17) is 21.4 Å². The summed E-state index contributed by atoms with van der Waals surface area (Å²) in [5.41, 5.74) is 0.725. The summed E-state index contributed by atoms with van der Waals surface area (Å²) in [7, 11) is 0. The van der Waals surface area contributed by atoms with E-state index in [1.54, 1.807) is 24.3 Å². The molecule has 0 saturated carbocycles. The molecule has 0 bridgehead atoms. The van der Waals surface area contributed by atoms with E-state index < -0.39 is 18.0 Å². The van der Waals surface area contributed by atoms with Crippen LogP contribution in [-0.4, -0.2) is 30.3 Å². The molecule has 2 N–H and O–H groups in total. The van der Waals surface area contributed by atoms with Crippen LogP contribution >= 0.6 is 11.6 Å². The summed E-state index contributed by atoms with van der Waals surface area (Å²) in [6.45, 7) is 3.45. The van der Waals surface area contributed by atoms with Crippen LogP contribution in [0, 0.1) is 5.92 Å². The molecule has 5 nitrogen and oxygen atoms in total. The second-order valence-corrected chi connectivity index (χ2v) is 4.51. The molecule has 1 amide bonds. The first-order valence-corrected chi connectivity index (χ1v) is 6.40. The first-order chi connectivity index (χ1) is 9.54. The number of carbonyl (C=O) groups excluding carboxylic acids is 1. The number of nitrogens with one attached hydrogen (secondary N) is 1. The summed E-state index contributed by atoms with van der Waals surface area (Å²) >= 11 is 5.99. The Balaban J connectivity index is 2.57. The van der Waals surface area contributed by atoms with E-state index in [1.807, 2.05) is 0 Å². The molecule has 0 aromatic heterocycles. The molecule has 6 heteroatoms. The van der Waals surface area contributed by atoms with Gasteiger partial charge in [0.15, 0.2) is 0 Å². The molecule has 108 valence electrons. The summed E-state index contributed by atoms with van der Waals surface area (Å²) in [5.74, 6) is -1.78. The SMILES string of the molecule is C=CCOC(=O)NCC(Cc1ccccc1Cl)C(=O)O. The van der Waals surface area contributed by atoms with Crippen LogP contribution in [-0.2, 0) is 16.0 Å². The van der Waals surface area contributed by atoms with Crippen LogP contribution in [0.15, 0.2) is 36.9 Å². The Kier molecular flexibility index (Phi) is 6.59. The minimum atomic E-state index is -1.01. The largest absolute Gasteiger partial charge is 0.481 e. The quantitative estimate of drug-likeness (QED) is 0.758. The van der Waals surface area contributed by atoms with Gasteiger partial charge >= 0.3 is 12.1 Å². The second kappa shape index (κ2) is 8.22. The average molecular weight is 298 g/mol. The number of carbonyl (C=O) groups is 2. The Morgan fingerprint density at radius 3 is 2.75 bits per heavy atom. The third kappa shape index (κ3) is 5.32. The molecule has 0 radical (unpaired) electrons. The highest BCUT2D eigenvalue weighted by Crippen LogP contribution is 2.18. The number of amides is 1. The van der Waals surface area contributed by atoms with E-state index in [0.717, 1.165) is 5.56 Å². The zero-order valence-corrected chi connectivity index (χ0v) is 11.6. The van der Waals surface area contributed by atoms with Gasteiger partial charge in [0.2, 0.25) is 0 Å². The first-order valence-electron chi connectivity index (χ1n) is 6.02. The van der Waals surface area contributed by atoms with Crippen LogP contribution in [0.2, 0.25) is 5.02 Å². The number of carboxylic acids is 1. The van der Waals surface area contributed by atoms with Crippen molar-refractivity contribution in [1.29, 1.82) is 0 Å². The lowest BCUT2D eigenvalue weighted by atomic mass is 9.99. The van der Waals surface area contributed by atoms with E-state index in [1.165, 1.54) is 6.08 Å². The minimum absolute atomic E-state index is 0.0312. The lowest BCUT2D eigenvalue weighted by Crippen LogP contribution is -2.34. The fraction of sp³-hybridized carbons (Fsp3) is 0.286. The van der Waals surface area contributed by atoms with E-state index in [9.17, 15) is 9.59 Å². The molecule has 0 fully saturated rings. The molecule has 1 aromatic rings.